The Hall–Kier alpha value is -1.32. The Morgan fingerprint density at radius 3 is 2.40 bits per heavy atom. The molecule has 15 heavy (non-hydrogen) atoms. The molecule has 0 spiro atoms. The molecule has 1 aromatic rings. The van der Waals surface area contributed by atoms with E-state index in [1.807, 2.05) is 0 Å². The third-order valence-electron chi connectivity index (χ3n) is 2.17. The van der Waals surface area contributed by atoms with Gasteiger partial charge in [-0.25, -0.2) is 0 Å². The summed E-state index contributed by atoms with van der Waals surface area (Å²) in [6, 6.07) is 4.60. The van der Waals surface area contributed by atoms with Crippen molar-refractivity contribution in [3.05, 3.63) is 45.1 Å². The fourth-order valence-electron chi connectivity index (χ4n) is 1.42. The van der Waals surface area contributed by atoms with Gasteiger partial charge in [0.1, 0.15) is 10.7 Å². The number of allylic oxidation sites excluding steroid dienone is 2. The molecule has 0 atom stereocenters. The number of rotatable bonds is 0. The van der Waals surface area contributed by atoms with Crippen LogP contribution in [0.1, 0.15) is 20.7 Å². The Morgan fingerprint density at radius 2 is 1.73 bits per heavy atom. The van der Waals surface area contributed by atoms with E-state index in [2.05, 4.69) is 0 Å². The normalized spacial score (nSPS) is 15.6. The Bertz CT molecular complexity index is 520. The van der Waals surface area contributed by atoms with Gasteiger partial charge in [0.2, 0.25) is 11.6 Å². The van der Waals surface area contributed by atoms with Crippen molar-refractivity contribution in [3.8, 4) is 0 Å². The van der Waals surface area contributed by atoms with Crippen LogP contribution in [0, 0.1) is 0 Å². The molecule has 2 rings (SSSR count). The molecule has 0 saturated carbocycles. The predicted molar refractivity (Wildman–Crippen MR) is 57.2 cm³/mol. The number of carbonyl (C=O) groups excluding carboxylic acids is 2. The fraction of sp³-hybridized carbons (Fsp3) is 0. The van der Waals surface area contributed by atoms with Crippen molar-refractivity contribution in [2.75, 3.05) is 0 Å². The number of benzene rings is 1. The molecule has 0 saturated heterocycles. The van der Waals surface area contributed by atoms with Gasteiger partial charge in [0.25, 0.3) is 0 Å². The highest BCUT2D eigenvalue weighted by molar-refractivity contribution is 6.51. The number of Topliss-reactive ketones (excluding diaryl/α,β-unsaturated/α-hetero) is 2. The molecule has 0 amide bonds. The topological polar surface area (TPSA) is 60.2 Å². The second-order valence-electron chi connectivity index (χ2n) is 3.05. The average Bonchev–Trinajstić information content (AvgIpc) is 2.23. The summed E-state index contributed by atoms with van der Waals surface area (Å²) in [5, 5.41) is -0.0582. The largest absolute Gasteiger partial charge is 0.394 e. The minimum atomic E-state index is -0.505. The monoisotopic (exact) mass is 241 g/mol. The van der Waals surface area contributed by atoms with E-state index in [0.29, 0.717) is 0 Å². The second kappa shape index (κ2) is 3.36. The molecule has 0 radical (unpaired) electrons. The van der Waals surface area contributed by atoms with Crippen LogP contribution in [0.25, 0.3) is 0 Å². The summed E-state index contributed by atoms with van der Waals surface area (Å²) < 4.78 is 0. The molecule has 0 bridgehead atoms. The van der Waals surface area contributed by atoms with Crippen LogP contribution in [0.2, 0.25) is 5.02 Å². The van der Waals surface area contributed by atoms with Crippen LogP contribution in [0.4, 0.5) is 0 Å². The van der Waals surface area contributed by atoms with E-state index in [1.165, 1.54) is 12.1 Å². The molecule has 76 valence electrons. The van der Waals surface area contributed by atoms with Crippen LogP contribution in [-0.2, 0) is 0 Å². The van der Waals surface area contributed by atoms with Gasteiger partial charge >= 0.3 is 0 Å². The van der Waals surface area contributed by atoms with Crippen LogP contribution in [0.15, 0.2) is 28.9 Å². The van der Waals surface area contributed by atoms with Crippen molar-refractivity contribution in [2.24, 2.45) is 5.73 Å². The summed E-state index contributed by atoms with van der Waals surface area (Å²) in [4.78, 5) is 23.3. The van der Waals surface area contributed by atoms with Gasteiger partial charge in [0.15, 0.2) is 0 Å². The maximum atomic E-state index is 11.7. The quantitative estimate of drug-likeness (QED) is 0.757. The van der Waals surface area contributed by atoms with E-state index in [0.717, 1.165) is 0 Å². The highest BCUT2D eigenvalue weighted by Crippen LogP contribution is 2.30. The molecular weight excluding hydrogens is 237 g/mol. The number of hydrogen-bond acceptors (Lipinski definition) is 3. The first-order chi connectivity index (χ1) is 7.04. The predicted octanol–water partition coefficient (Wildman–Crippen LogP) is 2.13. The minimum Gasteiger partial charge on any atom is -0.394 e. The van der Waals surface area contributed by atoms with Gasteiger partial charge in [0, 0.05) is 5.56 Å². The molecule has 0 unspecified atom stereocenters. The van der Waals surface area contributed by atoms with Gasteiger partial charge in [-0.3, -0.25) is 9.59 Å². The van der Waals surface area contributed by atoms with Crippen LogP contribution >= 0.6 is 23.2 Å². The third-order valence-corrected chi connectivity index (χ3v) is 2.86. The molecule has 0 aliphatic heterocycles. The first-order valence-electron chi connectivity index (χ1n) is 4.07. The SMILES string of the molecule is NC1=C(Cl)C(=O)c2c(Cl)cccc2C1=O. The Balaban J connectivity index is 2.79. The summed E-state index contributed by atoms with van der Waals surface area (Å²) in [6.45, 7) is 0. The van der Waals surface area contributed by atoms with Crippen LogP contribution in [0.5, 0.6) is 0 Å². The van der Waals surface area contributed by atoms with Gasteiger partial charge in [0.05, 0.1) is 10.6 Å². The third kappa shape index (κ3) is 1.35. The van der Waals surface area contributed by atoms with Crippen molar-refractivity contribution >= 4 is 34.8 Å². The number of hydrogen-bond donors (Lipinski definition) is 1. The molecule has 0 fully saturated rings. The number of carbonyl (C=O) groups is 2. The first kappa shape index (κ1) is 10.2. The molecule has 3 nitrogen and oxygen atoms in total. The van der Waals surface area contributed by atoms with Gasteiger partial charge in [-0.05, 0) is 6.07 Å². The number of nitrogens with two attached hydrogens (primary N) is 1. The van der Waals surface area contributed by atoms with Crippen molar-refractivity contribution in [1.82, 2.24) is 0 Å². The smallest absolute Gasteiger partial charge is 0.211 e. The highest BCUT2D eigenvalue weighted by Gasteiger charge is 2.31. The van der Waals surface area contributed by atoms with E-state index < -0.39 is 11.6 Å². The average molecular weight is 242 g/mol. The Labute approximate surface area is 95.5 Å². The van der Waals surface area contributed by atoms with Crippen molar-refractivity contribution in [3.63, 3.8) is 0 Å². The lowest BCUT2D eigenvalue weighted by Gasteiger charge is -2.15. The summed E-state index contributed by atoms with van der Waals surface area (Å²) in [5.74, 6) is -0.966. The number of fused-ring (bicyclic) bond motifs is 1. The van der Waals surface area contributed by atoms with Crippen LogP contribution in [-0.4, -0.2) is 11.6 Å². The van der Waals surface area contributed by atoms with Gasteiger partial charge < -0.3 is 5.73 Å². The van der Waals surface area contributed by atoms with Crippen LogP contribution in [0.3, 0.4) is 0 Å². The summed E-state index contributed by atoms with van der Waals surface area (Å²) >= 11 is 11.5. The summed E-state index contributed by atoms with van der Waals surface area (Å²) in [5.41, 5.74) is 5.52. The Kier molecular flexibility index (Phi) is 2.29. The van der Waals surface area contributed by atoms with Crippen LogP contribution < -0.4 is 5.73 Å². The van der Waals surface area contributed by atoms with E-state index in [1.54, 1.807) is 6.07 Å². The second-order valence-corrected chi connectivity index (χ2v) is 3.83. The fourth-order valence-corrected chi connectivity index (χ4v) is 1.86. The maximum Gasteiger partial charge on any atom is 0.211 e. The molecule has 1 aromatic carbocycles. The zero-order valence-corrected chi connectivity index (χ0v) is 8.89. The zero-order valence-electron chi connectivity index (χ0n) is 7.38. The molecule has 1 aliphatic carbocycles. The lowest BCUT2D eigenvalue weighted by molar-refractivity contribution is 0.0979. The van der Waals surface area contributed by atoms with E-state index in [9.17, 15) is 9.59 Å². The molecule has 2 N–H and O–H groups in total. The van der Waals surface area contributed by atoms with E-state index in [-0.39, 0.29) is 26.9 Å². The van der Waals surface area contributed by atoms with Gasteiger partial charge in [-0.2, -0.15) is 0 Å². The Morgan fingerprint density at radius 1 is 1.07 bits per heavy atom. The molecule has 5 heteroatoms. The zero-order chi connectivity index (χ0) is 11.2. The molecular formula is C10H5Cl2NO2. The lowest BCUT2D eigenvalue weighted by atomic mass is 9.93. The van der Waals surface area contributed by atoms with Crippen molar-refractivity contribution < 1.29 is 9.59 Å². The van der Waals surface area contributed by atoms with Gasteiger partial charge in [-0.1, -0.05) is 35.3 Å². The van der Waals surface area contributed by atoms with Crippen molar-refractivity contribution in [1.29, 1.82) is 0 Å². The molecule has 1 aliphatic rings. The van der Waals surface area contributed by atoms with Crippen molar-refractivity contribution in [2.45, 2.75) is 0 Å². The maximum absolute atomic E-state index is 11.7. The minimum absolute atomic E-state index is 0.128. The summed E-state index contributed by atoms with van der Waals surface area (Å²) in [7, 11) is 0. The molecule has 0 aromatic heterocycles. The van der Waals surface area contributed by atoms with E-state index >= 15 is 0 Å². The highest BCUT2D eigenvalue weighted by atomic mass is 35.5. The number of halogens is 2. The molecule has 0 heterocycles. The summed E-state index contributed by atoms with van der Waals surface area (Å²) in [6.07, 6.45) is 0. The van der Waals surface area contributed by atoms with Gasteiger partial charge in [-0.15, -0.1) is 0 Å². The standard InChI is InChI=1S/C10H5Cl2NO2/c11-5-3-1-2-4-6(5)10(15)7(12)8(13)9(4)14/h1-3H,13H2. The number of ketones is 2. The first-order valence-corrected chi connectivity index (χ1v) is 4.82. The van der Waals surface area contributed by atoms with E-state index in [4.69, 9.17) is 28.9 Å². The lowest BCUT2D eigenvalue weighted by Crippen LogP contribution is -2.24.